The molecule has 3 aromatic rings. The number of aromatic nitrogens is 1. The summed E-state index contributed by atoms with van der Waals surface area (Å²) in [5.74, 6) is 1.99. The molecule has 1 amide bonds. The van der Waals surface area contributed by atoms with Crippen molar-refractivity contribution in [3.05, 3.63) is 65.5 Å². The van der Waals surface area contributed by atoms with Crippen LogP contribution in [0.2, 0.25) is 0 Å². The van der Waals surface area contributed by atoms with Crippen LogP contribution in [0.3, 0.4) is 0 Å². The van der Waals surface area contributed by atoms with Crippen molar-refractivity contribution in [1.29, 1.82) is 0 Å². The molecule has 33 heavy (non-hydrogen) atoms. The molecule has 0 aliphatic rings. The van der Waals surface area contributed by atoms with Crippen LogP contribution < -0.4 is 14.8 Å². The number of aryl methyl sites for hydroxylation is 2. The number of methoxy groups -OCH3 is 2. The third-order valence-corrected chi connectivity index (χ3v) is 6.41. The van der Waals surface area contributed by atoms with Crippen molar-refractivity contribution in [3.63, 3.8) is 0 Å². The molecule has 176 valence electrons. The summed E-state index contributed by atoms with van der Waals surface area (Å²) in [4.78, 5) is 16.8. The number of ether oxygens (including phenoxy) is 2. The molecule has 0 aliphatic heterocycles. The molecule has 1 heterocycles. The smallest absolute Gasteiger partial charge is 0.232 e. The van der Waals surface area contributed by atoms with Gasteiger partial charge in [0, 0.05) is 22.4 Å². The number of nitrogens with one attached hydrogen (secondary N) is 1. The fourth-order valence-electron chi connectivity index (χ4n) is 3.42. The SMILES string of the molecule is COc1ccc(-c2nc(C[S@](=O)CC(=O)N[C@@H](C)CCc3ccccc3)c(C)o2)cc1OC. The first kappa shape index (κ1) is 24.5. The van der Waals surface area contributed by atoms with Gasteiger partial charge in [0.2, 0.25) is 11.8 Å². The lowest BCUT2D eigenvalue weighted by molar-refractivity contribution is -0.119. The number of rotatable bonds is 11. The number of hydrogen-bond acceptors (Lipinski definition) is 6. The fraction of sp³-hybridized carbons (Fsp3) is 0.360. The van der Waals surface area contributed by atoms with Crippen LogP contribution in [0.1, 0.15) is 30.4 Å². The molecule has 7 nitrogen and oxygen atoms in total. The number of nitrogens with zero attached hydrogens (tertiary/aromatic N) is 1. The van der Waals surface area contributed by atoms with E-state index in [9.17, 15) is 9.00 Å². The number of hydrogen-bond donors (Lipinski definition) is 1. The van der Waals surface area contributed by atoms with Gasteiger partial charge in [-0.25, -0.2) is 4.98 Å². The minimum Gasteiger partial charge on any atom is -0.493 e. The van der Waals surface area contributed by atoms with Crippen LogP contribution in [0.4, 0.5) is 0 Å². The Hall–Kier alpha value is -3.13. The highest BCUT2D eigenvalue weighted by Crippen LogP contribution is 2.32. The molecule has 0 aliphatic carbocycles. The van der Waals surface area contributed by atoms with Gasteiger partial charge in [0.1, 0.15) is 11.5 Å². The molecule has 1 aromatic heterocycles. The second-order valence-corrected chi connectivity index (χ2v) is 9.27. The topological polar surface area (TPSA) is 90.7 Å². The number of amides is 1. The van der Waals surface area contributed by atoms with E-state index >= 15 is 0 Å². The Morgan fingerprint density at radius 1 is 1.12 bits per heavy atom. The number of carbonyl (C=O) groups is 1. The Morgan fingerprint density at radius 3 is 2.55 bits per heavy atom. The first-order valence-corrected chi connectivity index (χ1v) is 12.3. The zero-order chi connectivity index (χ0) is 23.8. The third-order valence-electron chi connectivity index (χ3n) is 5.23. The number of oxazole rings is 1. The lowest BCUT2D eigenvalue weighted by atomic mass is 10.1. The zero-order valence-corrected chi connectivity index (χ0v) is 20.2. The molecule has 0 bridgehead atoms. The Bertz CT molecular complexity index is 1100. The summed E-state index contributed by atoms with van der Waals surface area (Å²) >= 11 is 0. The summed E-state index contributed by atoms with van der Waals surface area (Å²) in [7, 11) is 1.73. The molecule has 2 atom stereocenters. The van der Waals surface area contributed by atoms with E-state index in [0.29, 0.717) is 28.8 Å². The van der Waals surface area contributed by atoms with Crippen LogP contribution in [-0.2, 0) is 27.8 Å². The van der Waals surface area contributed by atoms with Gasteiger partial charge in [0.15, 0.2) is 11.5 Å². The second kappa shape index (κ2) is 11.7. The fourth-order valence-corrected chi connectivity index (χ4v) is 4.47. The number of benzene rings is 2. The predicted octanol–water partition coefficient (Wildman–Crippen LogP) is 4.05. The first-order chi connectivity index (χ1) is 15.9. The van der Waals surface area contributed by atoms with Crippen LogP contribution >= 0.6 is 0 Å². The normalized spacial score (nSPS) is 12.7. The Kier molecular flexibility index (Phi) is 8.65. The quantitative estimate of drug-likeness (QED) is 0.455. The summed E-state index contributed by atoms with van der Waals surface area (Å²) in [6.45, 7) is 3.73. The average Bonchev–Trinajstić information content (AvgIpc) is 3.17. The Labute approximate surface area is 197 Å². The third kappa shape index (κ3) is 6.92. The molecule has 2 aromatic carbocycles. The highest BCUT2D eigenvalue weighted by atomic mass is 32.2. The molecule has 0 fully saturated rings. The van der Waals surface area contributed by atoms with E-state index in [1.165, 1.54) is 5.56 Å². The highest BCUT2D eigenvalue weighted by Gasteiger charge is 2.18. The number of carbonyl (C=O) groups excluding carboxylic acids is 1. The van der Waals surface area contributed by atoms with E-state index in [1.54, 1.807) is 33.3 Å². The summed E-state index contributed by atoms with van der Waals surface area (Å²) < 4.78 is 29.0. The van der Waals surface area contributed by atoms with Gasteiger partial charge >= 0.3 is 0 Å². The molecule has 0 spiro atoms. The van der Waals surface area contributed by atoms with Gasteiger partial charge in [-0.3, -0.25) is 9.00 Å². The zero-order valence-electron chi connectivity index (χ0n) is 19.4. The van der Waals surface area contributed by atoms with Crippen molar-refractivity contribution >= 4 is 16.7 Å². The maximum absolute atomic E-state index is 12.6. The van der Waals surface area contributed by atoms with Gasteiger partial charge in [-0.15, -0.1) is 0 Å². The molecule has 3 rings (SSSR count). The van der Waals surface area contributed by atoms with E-state index in [1.807, 2.05) is 31.2 Å². The van der Waals surface area contributed by atoms with E-state index in [0.717, 1.165) is 18.4 Å². The van der Waals surface area contributed by atoms with E-state index in [4.69, 9.17) is 13.9 Å². The van der Waals surface area contributed by atoms with Gasteiger partial charge < -0.3 is 19.2 Å². The standard InChI is InChI=1S/C25H30N2O5S/c1-17(10-11-19-8-6-5-7-9-19)26-24(28)16-33(29)15-21-18(2)32-25(27-21)20-12-13-22(30-3)23(14-20)31-4/h5-9,12-14,17H,10-11,15-16H2,1-4H3,(H,26,28)/t17-,33-/m0/s1. The maximum Gasteiger partial charge on any atom is 0.232 e. The van der Waals surface area contributed by atoms with Gasteiger partial charge in [0.05, 0.1) is 25.7 Å². The summed E-state index contributed by atoms with van der Waals surface area (Å²) in [5.41, 5.74) is 2.52. The molecule has 8 heteroatoms. The van der Waals surface area contributed by atoms with Gasteiger partial charge in [0.25, 0.3) is 0 Å². The van der Waals surface area contributed by atoms with Gasteiger partial charge in [-0.05, 0) is 50.5 Å². The summed E-state index contributed by atoms with van der Waals surface area (Å²) in [6, 6.07) is 15.5. The summed E-state index contributed by atoms with van der Waals surface area (Å²) in [6.07, 6.45) is 1.70. The molecular formula is C25H30N2O5S. The lowest BCUT2D eigenvalue weighted by Gasteiger charge is -2.13. The van der Waals surface area contributed by atoms with Gasteiger partial charge in [-0.1, -0.05) is 30.3 Å². The molecule has 1 N–H and O–H groups in total. The predicted molar refractivity (Wildman–Crippen MR) is 129 cm³/mol. The monoisotopic (exact) mass is 470 g/mol. The average molecular weight is 471 g/mol. The summed E-state index contributed by atoms with van der Waals surface area (Å²) in [5, 5.41) is 2.93. The van der Waals surface area contributed by atoms with Crippen molar-refractivity contribution in [2.75, 3.05) is 20.0 Å². The van der Waals surface area contributed by atoms with E-state index in [-0.39, 0.29) is 23.5 Å². The molecular weight excluding hydrogens is 440 g/mol. The van der Waals surface area contributed by atoms with Crippen LogP contribution in [0.25, 0.3) is 11.5 Å². The first-order valence-electron chi connectivity index (χ1n) is 10.8. The molecule has 0 radical (unpaired) electrons. The molecule has 0 saturated heterocycles. The Balaban J connectivity index is 1.54. The molecule has 0 saturated carbocycles. The maximum atomic E-state index is 12.6. The lowest BCUT2D eigenvalue weighted by Crippen LogP contribution is -2.36. The second-order valence-electron chi connectivity index (χ2n) is 7.81. The Morgan fingerprint density at radius 2 is 1.85 bits per heavy atom. The molecule has 0 unspecified atom stereocenters. The van der Waals surface area contributed by atoms with Crippen LogP contribution in [0, 0.1) is 6.92 Å². The van der Waals surface area contributed by atoms with Crippen molar-refractivity contribution in [2.45, 2.75) is 38.5 Å². The minimum absolute atomic E-state index is 0.000137. The van der Waals surface area contributed by atoms with Crippen molar-refractivity contribution in [3.8, 4) is 23.0 Å². The van der Waals surface area contributed by atoms with Crippen molar-refractivity contribution in [1.82, 2.24) is 10.3 Å². The van der Waals surface area contributed by atoms with Gasteiger partial charge in [-0.2, -0.15) is 0 Å². The van der Waals surface area contributed by atoms with Crippen LogP contribution in [-0.4, -0.2) is 41.1 Å². The van der Waals surface area contributed by atoms with E-state index < -0.39 is 10.8 Å². The van der Waals surface area contributed by atoms with E-state index in [2.05, 4.69) is 22.4 Å². The van der Waals surface area contributed by atoms with Crippen molar-refractivity contribution in [2.24, 2.45) is 0 Å². The van der Waals surface area contributed by atoms with Crippen LogP contribution in [0.15, 0.2) is 52.9 Å². The highest BCUT2D eigenvalue weighted by molar-refractivity contribution is 7.84. The van der Waals surface area contributed by atoms with Crippen molar-refractivity contribution < 1.29 is 22.9 Å². The van der Waals surface area contributed by atoms with Crippen LogP contribution in [0.5, 0.6) is 11.5 Å². The largest absolute Gasteiger partial charge is 0.493 e. The minimum atomic E-state index is -1.40.